The van der Waals surface area contributed by atoms with Gasteiger partial charge in [-0.2, -0.15) is 18.2 Å². The number of nitro groups is 1. The maximum atomic E-state index is 14.4. The van der Waals surface area contributed by atoms with Crippen LogP contribution in [0.25, 0.3) is 16.6 Å². The first-order chi connectivity index (χ1) is 32.9. The van der Waals surface area contributed by atoms with Gasteiger partial charge in [0, 0.05) is 93.8 Å². The van der Waals surface area contributed by atoms with Gasteiger partial charge >= 0.3 is 6.18 Å². The largest absolute Gasteiger partial charge is 0.463 e. The number of nitro benzene ring substituents is 1. The summed E-state index contributed by atoms with van der Waals surface area (Å²) in [6, 6.07) is 19.5. The first-order valence-corrected chi connectivity index (χ1v) is 25.0. The number of piperazine rings is 1. The highest BCUT2D eigenvalue weighted by Crippen LogP contribution is 2.45. The number of allylic oxidation sites excluding steroid dienone is 1. The Kier molecular flexibility index (Phi) is 13.6. The smallest absolute Gasteiger partial charge is 0.425 e. The van der Waals surface area contributed by atoms with Crippen molar-refractivity contribution in [2.75, 3.05) is 74.1 Å². The van der Waals surface area contributed by atoms with E-state index in [1.165, 1.54) is 39.8 Å². The van der Waals surface area contributed by atoms with Crippen LogP contribution >= 0.6 is 11.6 Å². The van der Waals surface area contributed by atoms with Crippen molar-refractivity contribution < 1.29 is 40.8 Å². The molecule has 1 aliphatic carbocycles. The van der Waals surface area contributed by atoms with Crippen LogP contribution in [0.5, 0.6) is 5.88 Å². The second-order valence-corrected chi connectivity index (χ2v) is 21.1. The van der Waals surface area contributed by atoms with Crippen LogP contribution in [0, 0.1) is 21.4 Å². The minimum atomic E-state index is -4.76. The number of alkyl halides is 3. The molecular formula is C49H54ClF3N8O7S. The molecule has 0 unspecified atom stereocenters. The molecule has 15 nitrogen and oxygen atoms in total. The van der Waals surface area contributed by atoms with Gasteiger partial charge in [-0.3, -0.25) is 19.8 Å². The number of rotatable bonds is 12. The average Bonchev–Trinajstić information content (AvgIpc) is 3.69. The Morgan fingerprint density at radius 3 is 2.45 bits per heavy atom. The average molecular weight is 992 g/mol. The fraction of sp³-hybridized carbons (Fsp3) is 0.429. The molecule has 366 valence electrons. The van der Waals surface area contributed by atoms with Gasteiger partial charge in [0.05, 0.1) is 21.1 Å². The van der Waals surface area contributed by atoms with E-state index in [-0.39, 0.29) is 46.4 Å². The van der Waals surface area contributed by atoms with Crippen molar-refractivity contribution in [3.63, 3.8) is 0 Å². The number of anilines is 4. The number of carbonyl (C=O) groups is 1. The molecule has 0 spiro atoms. The molecule has 1 amide bonds. The zero-order valence-corrected chi connectivity index (χ0v) is 39.9. The van der Waals surface area contributed by atoms with Gasteiger partial charge in [0.1, 0.15) is 17.0 Å². The third kappa shape index (κ3) is 10.8. The van der Waals surface area contributed by atoms with Crippen molar-refractivity contribution in [1.82, 2.24) is 19.6 Å². The summed E-state index contributed by atoms with van der Waals surface area (Å²) in [5.74, 6) is -1.20. The van der Waals surface area contributed by atoms with Crippen molar-refractivity contribution >= 4 is 72.6 Å². The van der Waals surface area contributed by atoms with Gasteiger partial charge < -0.3 is 29.6 Å². The van der Waals surface area contributed by atoms with Gasteiger partial charge in [0.15, 0.2) is 6.10 Å². The number of fused-ring (bicyclic) bond motifs is 2. The van der Waals surface area contributed by atoms with E-state index in [0.717, 1.165) is 44.7 Å². The predicted octanol–water partition coefficient (Wildman–Crippen LogP) is 9.72. The van der Waals surface area contributed by atoms with Crippen molar-refractivity contribution in [2.24, 2.45) is 11.3 Å². The molecule has 2 aromatic heterocycles. The molecule has 69 heavy (non-hydrogen) atoms. The lowest BCUT2D eigenvalue weighted by atomic mass is 9.72. The molecule has 2 saturated heterocycles. The summed E-state index contributed by atoms with van der Waals surface area (Å²) in [6.45, 7) is 9.28. The number of aromatic nitrogens is 2. The van der Waals surface area contributed by atoms with E-state index in [9.17, 15) is 36.5 Å². The minimum absolute atomic E-state index is 0.119. The molecule has 3 N–H and O–H groups in total. The lowest BCUT2D eigenvalue weighted by molar-refractivity contribution is -0.384. The van der Waals surface area contributed by atoms with Crippen LogP contribution in [0.15, 0.2) is 89.5 Å². The number of halogens is 4. The fourth-order valence-corrected chi connectivity index (χ4v) is 10.8. The number of pyridine rings is 1. The predicted molar refractivity (Wildman–Crippen MR) is 259 cm³/mol. The van der Waals surface area contributed by atoms with Gasteiger partial charge in [-0.1, -0.05) is 43.2 Å². The number of nitrogens with zero attached hydrogens (tertiary/aromatic N) is 5. The molecule has 2 fully saturated rings. The number of H-pyrrole nitrogens is 1. The molecule has 9 rings (SSSR count). The van der Waals surface area contributed by atoms with E-state index >= 15 is 0 Å². The maximum Gasteiger partial charge on any atom is 0.425 e. The first kappa shape index (κ1) is 48.1. The molecule has 3 aromatic carbocycles. The molecule has 0 saturated carbocycles. The second-order valence-electron chi connectivity index (χ2n) is 19.0. The number of benzene rings is 3. The van der Waals surface area contributed by atoms with Crippen LogP contribution in [-0.2, 0) is 14.8 Å². The lowest BCUT2D eigenvalue weighted by Gasteiger charge is -2.39. The Morgan fingerprint density at radius 2 is 1.72 bits per heavy atom. The quantitative estimate of drug-likeness (QED) is 0.0799. The van der Waals surface area contributed by atoms with E-state index < -0.39 is 50.1 Å². The molecule has 5 heterocycles. The molecule has 20 heteroatoms. The summed E-state index contributed by atoms with van der Waals surface area (Å²) in [7, 11) is -4.74. The summed E-state index contributed by atoms with van der Waals surface area (Å²) in [4.78, 5) is 38.8. The van der Waals surface area contributed by atoms with Gasteiger partial charge in [-0.25, -0.2) is 13.1 Å². The van der Waals surface area contributed by atoms with E-state index in [2.05, 4.69) is 55.8 Å². The number of sulfonamides is 1. The zero-order chi connectivity index (χ0) is 48.7. The highest BCUT2D eigenvalue weighted by atomic mass is 35.5. The van der Waals surface area contributed by atoms with Crippen LogP contribution in [-0.4, -0.2) is 105 Å². The Hall–Kier alpha value is -5.89. The van der Waals surface area contributed by atoms with E-state index in [1.54, 1.807) is 30.5 Å². The van der Waals surface area contributed by atoms with Gasteiger partial charge in [0.2, 0.25) is 5.88 Å². The lowest BCUT2D eigenvalue weighted by Crippen LogP contribution is -2.47. The van der Waals surface area contributed by atoms with Crippen molar-refractivity contribution in [2.45, 2.75) is 69.5 Å². The van der Waals surface area contributed by atoms with Crippen LogP contribution in [0.1, 0.15) is 68.3 Å². The number of hydrogen-bond acceptors (Lipinski definition) is 12. The summed E-state index contributed by atoms with van der Waals surface area (Å²) in [6.07, 6.45) is -1.39. The monoisotopic (exact) mass is 990 g/mol. The molecule has 3 aliphatic heterocycles. The second kappa shape index (κ2) is 19.5. The SMILES string of the molecule is CC1(C)CCC(CN2CCN(c3ccc(C(=O)NS(=O)(=O)c4ccc(NCC5CCOCC5)c([N+](=O)[O-])c4)c(N4CC[C@H](C(F)(F)F)Oc5nc6[nH]ccc6cc54)c3)CC2)=C(c2ccc(Cl)cc2)C1. The summed E-state index contributed by atoms with van der Waals surface area (Å²) < 4.78 is 84.3. The zero-order valence-electron chi connectivity index (χ0n) is 38.3. The number of amides is 1. The summed E-state index contributed by atoms with van der Waals surface area (Å²) >= 11 is 6.25. The molecular weight excluding hydrogens is 937 g/mol. The van der Waals surface area contributed by atoms with Gasteiger partial charge in [0.25, 0.3) is 21.6 Å². The Bertz CT molecular complexity index is 2880. The normalized spacial score (nSPS) is 19.5. The maximum absolute atomic E-state index is 14.4. The number of ether oxygens (including phenoxy) is 2. The Morgan fingerprint density at radius 1 is 0.971 bits per heavy atom. The van der Waals surface area contributed by atoms with Crippen LogP contribution in [0.2, 0.25) is 5.02 Å². The van der Waals surface area contributed by atoms with Crippen molar-refractivity contribution in [3.05, 3.63) is 111 Å². The van der Waals surface area contributed by atoms with E-state index in [1.807, 2.05) is 12.1 Å². The van der Waals surface area contributed by atoms with Gasteiger partial charge in [-0.05, 0) is 109 Å². The van der Waals surface area contributed by atoms with Crippen molar-refractivity contribution in [1.29, 1.82) is 0 Å². The minimum Gasteiger partial charge on any atom is -0.463 e. The van der Waals surface area contributed by atoms with Crippen LogP contribution in [0.3, 0.4) is 0 Å². The van der Waals surface area contributed by atoms with Crippen molar-refractivity contribution in [3.8, 4) is 5.88 Å². The Balaban J connectivity index is 1.02. The molecule has 1 atom stereocenters. The third-order valence-electron chi connectivity index (χ3n) is 13.7. The fourth-order valence-electron chi connectivity index (χ4n) is 9.72. The van der Waals surface area contributed by atoms with E-state index in [4.69, 9.17) is 21.1 Å². The topological polar surface area (TPSA) is 175 Å². The number of aromatic amines is 1. The number of nitrogens with one attached hydrogen (secondary N) is 3. The summed E-state index contributed by atoms with van der Waals surface area (Å²) in [5.41, 5.74) is 4.76. The first-order valence-electron chi connectivity index (χ1n) is 23.2. The van der Waals surface area contributed by atoms with Gasteiger partial charge in [-0.15, -0.1) is 0 Å². The number of carbonyl (C=O) groups excluding carboxylic acids is 1. The Labute approximate surface area is 403 Å². The molecule has 4 aliphatic rings. The van der Waals surface area contributed by atoms with Crippen LogP contribution < -0.4 is 24.6 Å². The molecule has 5 aromatic rings. The molecule has 0 bridgehead atoms. The third-order valence-corrected chi connectivity index (χ3v) is 15.3. The van der Waals surface area contributed by atoms with E-state index in [0.29, 0.717) is 67.7 Å². The molecule has 0 radical (unpaired) electrons. The number of hydrogen-bond donors (Lipinski definition) is 3. The standard InChI is InChI=1S/C49H54ClF3N8O7S/c1-48(2)16-11-34(39(28-48)32-3-5-35(50)6-4-32)30-58-19-21-59(22-20-58)36-7-9-38(41(26-36)60-18-13-44(49(51,52)53)68-47-43(60)25-33-12-17-54-45(33)56-47)46(62)57-69(65,66)37-8-10-40(42(27-37)61(63)64)55-29-31-14-23-67-24-15-31/h3-10,12,17,25-27,31,44,55H,11,13-16,18-24,28-30H2,1-2H3,(H,54,56)(H,57,62)/t44-/m1/s1. The summed E-state index contributed by atoms with van der Waals surface area (Å²) in [5, 5.41) is 16.5. The van der Waals surface area contributed by atoms with Crippen LogP contribution in [0.4, 0.5) is 41.6 Å². The highest BCUT2D eigenvalue weighted by Gasteiger charge is 2.45. The highest BCUT2D eigenvalue weighted by molar-refractivity contribution is 7.90.